The van der Waals surface area contributed by atoms with Crippen molar-refractivity contribution in [3.8, 4) is 0 Å². The second kappa shape index (κ2) is 5.91. The number of hydrogen-bond donors (Lipinski definition) is 2. The molecule has 2 aromatic rings. The average Bonchev–Trinajstić information content (AvgIpc) is 3.29. The van der Waals surface area contributed by atoms with Crippen LogP contribution >= 0.6 is 0 Å². The molecule has 0 atom stereocenters. The Morgan fingerprint density at radius 1 is 1.18 bits per heavy atom. The molecule has 0 radical (unpaired) electrons. The van der Waals surface area contributed by atoms with Crippen molar-refractivity contribution >= 4 is 11.8 Å². The fourth-order valence-corrected chi connectivity index (χ4v) is 2.22. The van der Waals surface area contributed by atoms with Gasteiger partial charge < -0.3 is 10.6 Å². The zero-order valence-corrected chi connectivity index (χ0v) is 13.4. The monoisotopic (exact) mass is 297 g/mol. The number of hydrogen-bond acceptors (Lipinski definition) is 5. The predicted octanol–water partition coefficient (Wildman–Crippen LogP) is 3.57. The van der Waals surface area contributed by atoms with Crippen LogP contribution < -0.4 is 10.6 Å². The Kier molecular flexibility index (Phi) is 3.96. The quantitative estimate of drug-likeness (QED) is 0.883. The van der Waals surface area contributed by atoms with Gasteiger partial charge in [-0.25, -0.2) is 4.98 Å². The maximum absolute atomic E-state index is 4.66. The van der Waals surface area contributed by atoms with E-state index in [9.17, 15) is 0 Å². The molecule has 5 nitrogen and oxygen atoms in total. The van der Waals surface area contributed by atoms with Crippen LogP contribution in [0.4, 0.5) is 11.8 Å². The molecular formula is C17H23N5. The minimum Gasteiger partial charge on any atom is -0.364 e. The van der Waals surface area contributed by atoms with Crippen molar-refractivity contribution in [3.05, 3.63) is 41.9 Å². The molecule has 22 heavy (non-hydrogen) atoms. The number of anilines is 2. The molecule has 116 valence electrons. The van der Waals surface area contributed by atoms with Gasteiger partial charge in [0.2, 0.25) is 5.95 Å². The van der Waals surface area contributed by atoms with Crippen LogP contribution in [0.1, 0.15) is 50.9 Å². The largest absolute Gasteiger partial charge is 0.364 e. The van der Waals surface area contributed by atoms with Gasteiger partial charge in [-0.15, -0.1) is 0 Å². The normalized spacial score (nSPS) is 14.7. The third-order valence-electron chi connectivity index (χ3n) is 3.41. The van der Waals surface area contributed by atoms with Crippen LogP contribution in [0.25, 0.3) is 0 Å². The first-order chi connectivity index (χ1) is 10.5. The van der Waals surface area contributed by atoms with Crippen molar-refractivity contribution in [2.24, 2.45) is 0 Å². The highest BCUT2D eigenvalue weighted by atomic mass is 15.2. The summed E-state index contributed by atoms with van der Waals surface area (Å²) < 4.78 is 0. The van der Waals surface area contributed by atoms with Gasteiger partial charge in [0.15, 0.2) is 0 Å². The lowest BCUT2D eigenvalue weighted by Crippen LogP contribution is -2.27. The van der Waals surface area contributed by atoms with Gasteiger partial charge in [0.05, 0.1) is 17.9 Å². The van der Waals surface area contributed by atoms with Gasteiger partial charge in [-0.05, 0) is 45.7 Å². The van der Waals surface area contributed by atoms with E-state index in [2.05, 4.69) is 52.4 Å². The molecule has 1 aliphatic rings. The van der Waals surface area contributed by atoms with Crippen molar-refractivity contribution in [2.75, 3.05) is 10.6 Å². The fourth-order valence-electron chi connectivity index (χ4n) is 2.22. The zero-order chi connectivity index (χ0) is 15.6. The SMILES string of the molecule is CC(C)(C)Nc1nc(NCc2ccccn2)cc(C2CC2)n1. The first kappa shape index (κ1) is 14.8. The fraction of sp³-hybridized carbons (Fsp3) is 0.471. The highest BCUT2D eigenvalue weighted by molar-refractivity contribution is 5.45. The smallest absolute Gasteiger partial charge is 0.225 e. The van der Waals surface area contributed by atoms with Gasteiger partial charge in [-0.2, -0.15) is 4.98 Å². The number of pyridine rings is 1. The molecule has 2 N–H and O–H groups in total. The lowest BCUT2D eigenvalue weighted by atomic mass is 10.1. The van der Waals surface area contributed by atoms with Crippen LogP contribution in [0.3, 0.4) is 0 Å². The number of nitrogens with one attached hydrogen (secondary N) is 2. The third-order valence-corrected chi connectivity index (χ3v) is 3.41. The molecule has 0 amide bonds. The molecular weight excluding hydrogens is 274 g/mol. The second-order valence-electron chi connectivity index (χ2n) is 6.83. The van der Waals surface area contributed by atoms with E-state index in [1.165, 1.54) is 12.8 Å². The summed E-state index contributed by atoms with van der Waals surface area (Å²) in [5, 5.41) is 6.72. The Hall–Kier alpha value is -2.17. The summed E-state index contributed by atoms with van der Waals surface area (Å²) >= 11 is 0. The van der Waals surface area contributed by atoms with Gasteiger partial charge in [0, 0.05) is 23.7 Å². The maximum Gasteiger partial charge on any atom is 0.225 e. The molecule has 5 heteroatoms. The van der Waals surface area contributed by atoms with Gasteiger partial charge >= 0.3 is 0 Å². The van der Waals surface area contributed by atoms with Crippen molar-refractivity contribution in [3.63, 3.8) is 0 Å². The average molecular weight is 297 g/mol. The Labute approximate surface area is 131 Å². The van der Waals surface area contributed by atoms with Crippen molar-refractivity contribution in [2.45, 2.75) is 51.6 Å². The lowest BCUT2D eigenvalue weighted by molar-refractivity contribution is 0.625. The van der Waals surface area contributed by atoms with Crippen LogP contribution in [0, 0.1) is 0 Å². The molecule has 2 aromatic heterocycles. The van der Waals surface area contributed by atoms with Gasteiger partial charge in [-0.3, -0.25) is 4.98 Å². The van der Waals surface area contributed by atoms with E-state index in [1.54, 1.807) is 6.20 Å². The summed E-state index contributed by atoms with van der Waals surface area (Å²) in [6.45, 7) is 7.00. The Morgan fingerprint density at radius 3 is 2.64 bits per heavy atom. The molecule has 0 spiro atoms. The molecule has 1 fully saturated rings. The standard InChI is InChI=1S/C17H23N5/c1-17(2,3)22-16-20-14(12-7-8-12)10-15(21-16)19-11-13-6-4-5-9-18-13/h4-6,9-10,12H,7-8,11H2,1-3H3,(H2,19,20,21,22). The maximum atomic E-state index is 4.66. The summed E-state index contributed by atoms with van der Waals surface area (Å²) in [6, 6.07) is 7.98. The van der Waals surface area contributed by atoms with E-state index >= 15 is 0 Å². The summed E-state index contributed by atoms with van der Waals surface area (Å²) in [7, 11) is 0. The minimum absolute atomic E-state index is 0.0551. The number of nitrogens with zero attached hydrogens (tertiary/aromatic N) is 3. The van der Waals surface area contributed by atoms with Crippen molar-refractivity contribution in [1.29, 1.82) is 0 Å². The molecule has 1 aliphatic carbocycles. The van der Waals surface area contributed by atoms with Gasteiger partial charge in [0.25, 0.3) is 0 Å². The first-order valence-corrected chi connectivity index (χ1v) is 7.80. The summed E-state index contributed by atoms with van der Waals surface area (Å²) in [5.41, 5.74) is 2.07. The number of aromatic nitrogens is 3. The lowest BCUT2D eigenvalue weighted by Gasteiger charge is -2.21. The minimum atomic E-state index is -0.0551. The predicted molar refractivity (Wildman–Crippen MR) is 88.9 cm³/mol. The third kappa shape index (κ3) is 4.16. The summed E-state index contributed by atoms with van der Waals surface area (Å²) in [5.74, 6) is 2.15. The van der Waals surface area contributed by atoms with Crippen LogP contribution in [0.15, 0.2) is 30.5 Å². The highest BCUT2D eigenvalue weighted by Crippen LogP contribution is 2.40. The molecule has 0 saturated heterocycles. The van der Waals surface area contributed by atoms with E-state index in [0.717, 1.165) is 17.2 Å². The van der Waals surface area contributed by atoms with E-state index in [-0.39, 0.29) is 5.54 Å². The van der Waals surface area contributed by atoms with Gasteiger partial charge in [0.1, 0.15) is 5.82 Å². The molecule has 3 rings (SSSR count). The Morgan fingerprint density at radius 2 is 2.00 bits per heavy atom. The number of rotatable bonds is 5. The van der Waals surface area contributed by atoms with E-state index in [0.29, 0.717) is 18.4 Å². The van der Waals surface area contributed by atoms with E-state index in [1.807, 2.05) is 18.2 Å². The summed E-state index contributed by atoms with van der Waals surface area (Å²) in [6.07, 6.45) is 4.26. The van der Waals surface area contributed by atoms with E-state index in [4.69, 9.17) is 0 Å². The molecule has 0 unspecified atom stereocenters. The van der Waals surface area contributed by atoms with Crippen LogP contribution in [0.5, 0.6) is 0 Å². The highest BCUT2D eigenvalue weighted by Gasteiger charge is 2.26. The molecule has 0 bridgehead atoms. The Balaban J connectivity index is 1.77. The molecule has 0 aromatic carbocycles. The first-order valence-electron chi connectivity index (χ1n) is 7.80. The van der Waals surface area contributed by atoms with E-state index < -0.39 is 0 Å². The van der Waals surface area contributed by atoms with Crippen molar-refractivity contribution < 1.29 is 0 Å². The molecule has 1 saturated carbocycles. The molecule has 0 aliphatic heterocycles. The topological polar surface area (TPSA) is 62.7 Å². The van der Waals surface area contributed by atoms with Crippen LogP contribution in [-0.2, 0) is 6.54 Å². The zero-order valence-electron chi connectivity index (χ0n) is 13.4. The van der Waals surface area contributed by atoms with Gasteiger partial charge in [-0.1, -0.05) is 6.07 Å². The van der Waals surface area contributed by atoms with Crippen LogP contribution in [-0.4, -0.2) is 20.5 Å². The summed E-state index contributed by atoms with van der Waals surface area (Å²) in [4.78, 5) is 13.6. The second-order valence-corrected chi connectivity index (χ2v) is 6.83. The van der Waals surface area contributed by atoms with Crippen LogP contribution in [0.2, 0.25) is 0 Å². The molecule has 2 heterocycles. The Bertz CT molecular complexity index is 629. The van der Waals surface area contributed by atoms with Crippen molar-refractivity contribution in [1.82, 2.24) is 15.0 Å².